The van der Waals surface area contributed by atoms with Gasteiger partial charge in [-0.05, 0) is 58.2 Å². The number of nitrogens with zero attached hydrogens (tertiary/aromatic N) is 1. The summed E-state index contributed by atoms with van der Waals surface area (Å²) in [5, 5.41) is 2.89. The number of hydrogen-bond acceptors (Lipinski definition) is 4. The zero-order chi connectivity index (χ0) is 18.8. The molecule has 136 valence electrons. The zero-order valence-electron chi connectivity index (χ0n) is 14.8. The molecule has 7 heteroatoms. The maximum atomic E-state index is 12.8. The van der Waals surface area contributed by atoms with E-state index in [9.17, 15) is 9.59 Å². The number of carbonyl (C=O) groups excluding carboxylic acids is 2. The third-order valence-electron chi connectivity index (χ3n) is 4.31. The first-order valence-corrected chi connectivity index (χ1v) is 8.87. The predicted octanol–water partition coefficient (Wildman–Crippen LogP) is 3.63. The standard InChI is InChI=1S/C19H19BrN2O4/c1-11(23)22-7-6-12-8-13(4-5-17(12)22)21-19(24)15-9-14(25-2)10-16(20)18(15)26-3/h4-5,8-10H,6-7H2,1-3H3,(H,21,24). The van der Waals surface area contributed by atoms with E-state index in [4.69, 9.17) is 9.47 Å². The topological polar surface area (TPSA) is 67.9 Å². The fraction of sp³-hybridized carbons (Fsp3) is 0.263. The molecule has 1 aliphatic rings. The van der Waals surface area contributed by atoms with E-state index in [0.717, 1.165) is 17.7 Å². The summed E-state index contributed by atoms with van der Waals surface area (Å²) in [5.41, 5.74) is 2.97. The SMILES string of the molecule is COc1cc(Br)c(OC)c(C(=O)Nc2ccc3c(c2)CCN3C(C)=O)c1. The molecule has 1 aliphatic heterocycles. The third kappa shape index (κ3) is 3.39. The number of ether oxygens (including phenoxy) is 2. The van der Waals surface area contributed by atoms with E-state index in [2.05, 4.69) is 21.2 Å². The Morgan fingerprint density at radius 3 is 2.58 bits per heavy atom. The molecule has 0 bridgehead atoms. The molecule has 0 aliphatic carbocycles. The number of carbonyl (C=O) groups is 2. The highest BCUT2D eigenvalue weighted by molar-refractivity contribution is 9.10. The quantitative estimate of drug-likeness (QED) is 0.822. The summed E-state index contributed by atoms with van der Waals surface area (Å²) in [4.78, 5) is 26.1. The average Bonchev–Trinajstić information content (AvgIpc) is 3.04. The zero-order valence-corrected chi connectivity index (χ0v) is 16.3. The lowest BCUT2D eigenvalue weighted by molar-refractivity contribution is -0.116. The average molecular weight is 419 g/mol. The van der Waals surface area contributed by atoms with Crippen LogP contribution in [0.1, 0.15) is 22.8 Å². The van der Waals surface area contributed by atoms with Crippen LogP contribution in [0.15, 0.2) is 34.8 Å². The number of halogens is 1. The van der Waals surface area contributed by atoms with Crippen LogP contribution in [0.3, 0.4) is 0 Å². The minimum absolute atomic E-state index is 0.0199. The van der Waals surface area contributed by atoms with Gasteiger partial charge in [-0.1, -0.05) is 0 Å². The van der Waals surface area contributed by atoms with E-state index in [1.807, 2.05) is 12.1 Å². The summed E-state index contributed by atoms with van der Waals surface area (Å²) in [6.45, 7) is 2.22. The van der Waals surface area contributed by atoms with Gasteiger partial charge in [0.2, 0.25) is 5.91 Å². The lowest BCUT2D eigenvalue weighted by Gasteiger charge is -2.16. The van der Waals surface area contributed by atoms with Gasteiger partial charge in [0.1, 0.15) is 11.5 Å². The first kappa shape index (κ1) is 18.3. The summed E-state index contributed by atoms with van der Waals surface area (Å²) in [5.74, 6) is 0.704. The van der Waals surface area contributed by atoms with Gasteiger partial charge < -0.3 is 19.7 Å². The maximum absolute atomic E-state index is 12.8. The molecule has 2 amide bonds. The molecule has 0 unspecified atom stereocenters. The number of methoxy groups -OCH3 is 2. The Hall–Kier alpha value is -2.54. The molecule has 1 N–H and O–H groups in total. The molecule has 26 heavy (non-hydrogen) atoms. The Kier molecular flexibility index (Phi) is 5.18. The van der Waals surface area contributed by atoms with E-state index < -0.39 is 0 Å². The van der Waals surface area contributed by atoms with Crippen LogP contribution in [-0.4, -0.2) is 32.6 Å². The molecule has 2 aromatic rings. The first-order valence-electron chi connectivity index (χ1n) is 8.08. The number of fused-ring (bicyclic) bond motifs is 1. The molecule has 0 radical (unpaired) electrons. The van der Waals surface area contributed by atoms with Crippen LogP contribution in [0, 0.1) is 0 Å². The van der Waals surface area contributed by atoms with Crippen molar-refractivity contribution in [2.75, 3.05) is 31.0 Å². The normalized spacial score (nSPS) is 12.5. The molecule has 0 saturated heterocycles. The highest BCUT2D eigenvalue weighted by atomic mass is 79.9. The predicted molar refractivity (Wildman–Crippen MR) is 103 cm³/mol. The number of nitrogens with one attached hydrogen (secondary N) is 1. The molecular weight excluding hydrogens is 400 g/mol. The molecule has 6 nitrogen and oxygen atoms in total. The lowest BCUT2D eigenvalue weighted by Crippen LogP contribution is -2.25. The van der Waals surface area contributed by atoms with Crippen LogP contribution in [-0.2, 0) is 11.2 Å². The molecule has 2 aromatic carbocycles. The van der Waals surface area contributed by atoms with Gasteiger partial charge in [0.25, 0.3) is 5.91 Å². The van der Waals surface area contributed by atoms with Gasteiger partial charge in [-0.2, -0.15) is 0 Å². The minimum Gasteiger partial charge on any atom is -0.497 e. The molecular formula is C19H19BrN2O4. The van der Waals surface area contributed by atoms with Gasteiger partial charge in [0.15, 0.2) is 0 Å². The van der Waals surface area contributed by atoms with Crippen LogP contribution < -0.4 is 19.7 Å². The van der Waals surface area contributed by atoms with Crippen molar-refractivity contribution in [2.45, 2.75) is 13.3 Å². The Morgan fingerprint density at radius 2 is 1.92 bits per heavy atom. The van der Waals surface area contributed by atoms with Crippen molar-refractivity contribution in [3.8, 4) is 11.5 Å². The van der Waals surface area contributed by atoms with E-state index >= 15 is 0 Å². The molecule has 3 rings (SSSR count). The monoisotopic (exact) mass is 418 g/mol. The molecule has 0 fully saturated rings. The Labute approximate surface area is 160 Å². The fourth-order valence-corrected chi connectivity index (χ4v) is 3.67. The molecule has 0 saturated carbocycles. The van der Waals surface area contributed by atoms with E-state index in [0.29, 0.717) is 33.8 Å². The Balaban J connectivity index is 1.88. The highest BCUT2D eigenvalue weighted by Gasteiger charge is 2.23. The van der Waals surface area contributed by atoms with Crippen LogP contribution in [0.5, 0.6) is 11.5 Å². The molecule has 0 atom stereocenters. The number of hydrogen-bond donors (Lipinski definition) is 1. The van der Waals surface area contributed by atoms with Gasteiger partial charge >= 0.3 is 0 Å². The van der Waals surface area contributed by atoms with E-state index in [-0.39, 0.29) is 11.8 Å². The van der Waals surface area contributed by atoms with Crippen LogP contribution in [0.25, 0.3) is 0 Å². The van der Waals surface area contributed by atoms with Gasteiger partial charge in [-0.3, -0.25) is 9.59 Å². The second-order valence-electron chi connectivity index (χ2n) is 5.91. The van der Waals surface area contributed by atoms with Crippen molar-refractivity contribution in [1.29, 1.82) is 0 Å². The van der Waals surface area contributed by atoms with E-state index in [1.165, 1.54) is 14.2 Å². The number of rotatable bonds is 4. The smallest absolute Gasteiger partial charge is 0.259 e. The summed E-state index contributed by atoms with van der Waals surface area (Å²) >= 11 is 3.39. The number of anilines is 2. The number of benzene rings is 2. The van der Waals surface area contributed by atoms with Gasteiger partial charge in [0, 0.05) is 24.8 Å². The van der Waals surface area contributed by atoms with Gasteiger partial charge in [0.05, 0.1) is 24.3 Å². The van der Waals surface area contributed by atoms with Crippen molar-refractivity contribution >= 4 is 39.1 Å². The molecule has 0 spiro atoms. The Bertz CT molecular complexity index is 882. The van der Waals surface area contributed by atoms with Gasteiger partial charge in [-0.25, -0.2) is 0 Å². The van der Waals surface area contributed by atoms with Gasteiger partial charge in [-0.15, -0.1) is 0 Å². The van der Waals surface area contributed by atoms with Crippen LogP contribution in [0.4, 0.5) is 11.4 Å². The second kappa shape index (κ2) is 7.37. The lowest BCUT2D eigenvalue weighted by atomic mass is 10.1. The molecule has 1 heterocycles. The maximum Gasteiger partial charge on any atom is 0.259 e. The summed E-state index contributed by atoms with van der Waals surface area (Å²) in [6.07, 6.45) is 0.770. The van der Waals surface area contributed by atoms with E-state index in [1.54, 1.807) is 30.0 Å². The highest BCUT2D eigenvalue weighted by Crippen LogP contribution is 2.35. The van der Waals surface area contributed by atoms with Crippen molar-refractivity contribution in [2.24, 2.45) is 0 Å². The van der Waals surface area contributed by atoms with Crippen molar-refractivity contribution in [1.82, 2.24) is 0 Å². The second-order valence-corrected chi connectivity index (χ2v) is 6.76. The van der Waals surface area contributed by atoms with Crippen LogP contribution in [0.2, 0.25) is 0 Å². The van der Waals surface area contributed by atoms with Crippen molar-refractivity contribution < 1.29 is 19.1 Å². The summed E-state index contributed by atoms with van der Waals surface area (Å²) in [7, 11) is 3.05. The van der Waals surface area contributed by atoms with Crippen molar-refractivity contribution in [3.63, 3.8) is 0 Å². The largest absolute Gasteiger partial charge is 0.497 e. The first-order chi connectivity index (χ1) is 12.4. The third-order valence-corrected chi connectivity index (χ3v) is 4.90. The summed E-state index contributed by atoms with van der Waals surface area (Å²) < 4.78 is 11.2. The summed E-state index contributed by atoms with van der Waals surface area (Å²) in [6, 6.07) is 8.92. The fourth-order valence-electron chi connectivity index (χ4n) is 3.07. The molecule has 0 aromatic heterocycles. The van der Waals surface area contributed by atoms with Crippen molar-refractivity contribution in [3.05, 3.63) is 45.9 Å². The number of amides is 2. The van der Waals surface area contributed by atoms with Crippen LogP contribution >= 0.6 is 15.9 Å². The minimum atomic E-state index is -0.303. The Morgan fingerprint density at radius 1 is 1.15 bits per heavy atom.